The van der Waals surface area contributed by atoms with Crippen LogP contribution in [0.2, 0.25) is 0 Å². The van der Waals surface area contributed by atoms with Crippen LogP contribution in [0.4, 0.5) is 0 Å². The van der Waals surface area contributed by atoms with Crippen molar-refractivity contribution in [3.8, 4) is 11.6 Å². The Labute approximate surface area is 193 Å². The van der Waals surface area contributed by atoms with Gasteiger partial charge in [-0.15, -0.1) is 0 Å². The zero-order valence-electron chi connectivity index (χ0n) is 18.4. The van der Waals surface area contributed by atoms with Crippen molar-refractivity contribution in [3.63, 3.8) is 0 Å². The number of nitrogens with one attached hydrogen (secondary N) is 1. The number of aromatic nitrogens is 1. The molecule has 1 aromatic carbocycles. The number of rotatable bonds is 7. The normalized spacial score (nSPS) is 17.5. The number of ether oxygens (including phenoxy) is 1. The average molecular weight is 467 g/mol. The fourth-order valence-electron chi connectivity index (χ4n) is 4.29. The molecule has 0 aliphatic carbocycles. The Bertz CT molecular complexity index is 1300. The number of likely N-dealkylation sites (tertiary alicyclic amines) is 1. The number of sulfonamides is 1. The Balaban J connectivity index is 1.21. The van der Waals surface area contributed by atoms with Crippen LogP contribution >= 0.6 is 0 Å². The molecule has 33 heavy (non-hydrogen) atoms. The van der Waals surface area contributed by atoms with Crippen molar-refractivity contribution in [3.05, 3.63) is 60.0 Å². The van der Waals surface area contributed by atoms with Crippen LogP contribution in [0.15, 0.2) is 58.3 Å². The molecule has 8 nitrogen and oxygen atoms in total. The lowest BCUT2D eigenvalue weighted by molar-refractivity contribution is 0.200. The maximum atomic E-state index is 11.4. The monoisotopic (exact) mass is 466 g/mol. The van der Waals surface area contributed by atoms with Crippen molar-refractivity contribution < 1.29 is 17.6 Å². The number of pyridine rings is 1. The van der Waals surface area contributed by atoms with Crippen LogP contribution in [0.3, 0.4) is 0 Å². The lowest BCUT2D eigenvalue weighted by Crippen LogP contribution is -2.43. The summed E-state index contributed by atoms with van der Waals surface area (Å²) >= 11 is 0. The SMILES string of the molecule is CS(=O)(=O)NC1CCN(Cc2coc3cc(Oc4ccc(C5=CC=NC5)cn4)ccc23)CC1. The lowest BCUT2D eigenvalue weighted by atomic mass is 10.1. The standard InChI is InChI=1S/C24H26N4O4S/c1-33(29,30)27-20-7-10-28(11-8-20)15-19-16-31-23-12-21(3-4-22(19)23)32-24-5-2-17(14-26-24)18-6-9-25-13-18/h2-6,9,12,14,16,20,27H,7-8,10-11,13,15H2,1H3. The summed E-state index contributed by atoms with van der Waals surface area (Å²) in [5.74, 6) is 1.19. The minimum Gasteiger partial charge on any atom is -0.464 e. The van der Waals surface area contributed by atoms with E-state index in [-0.39, 0.29) is 6.04 Å². The number of fused-ring (bicyclic) bond motifs is 1. The van der Waals surface area contributed by atoms with E-state index in [9.17, 15) is 8.42 Å². The number of hydrogen-bond acceptors (Lipinski definition) is 7. The number of piperidine rings is 1. The molecule has 2 aliphatic heterocycles. The maximum Gasteiger partial charge on any atom is 0.219 e. The van der Waals surface area contributed by atoms with Crippen LogP contribution in [-0.4, -0.2) is 56.4 Å². The zero-order valence-corrected chi connectivity index (χ0v) is 19.2. The minimum atomic E-state index is -3.16. The third-order valence-corrected chi connectivity index (χ3v) is 6.72. The van der Waals surface area contributed by atoms with E-state index in [2.05, 4.69) is 19.6 Å². The van der Waals surface area contributed by atoms with E-state index in [0.29, 0.717) is 18.2 Å². The summed E-state index contributed by atoms with van der Waals surface area (Å²) in [5.41, 5.74) is 4.07. The third-order valence-electron chi connectivity index (χ3n) is 5.96. The molecule has 0 amide bonds. The van der Waals surface area contributed by atoms with Crippen LogP contribution in [0.25, 0.3) is 16.5 Å². The summed E-state index contributed by atoms with van der Waals surface area (Å²) < 4.78 is 37.3. The van der Waals surface area contributed by atoms with E-state index >= 15 is 0 Å². The van der Waals surface area contributed by atoms with Gasteiger partial charge >= 0.3 is 0 Å². The highest BCUT2D eigenvalue weighted by Crippen LogP contribution is 2.30. The van der Waals surface area contributed by atoms with Gasteiger partial charge in [0.25, 0.3) is 0 Å². The molecule has 5 rings (SSSR count). The molecule has 9 heteroatoms. The molecule has 0 saturated carbocycles. The number of benzene rings is 1. The minimum absolute atomic E-state index is 0.0166. The van der Waals surface area contributed by atoms with Crippen LogP contribution in [0.1, 0.15) is 24.0 Å². The number of hydrogen-bond donors (Lipinski definition) is 1. The molecule has 1 N–H and O–H groups in total. The van der Waals surface area contributed by atoms with Crippen molar-refractivity contribution in [1.29, 1.82) is 0 Å². The van der Waals surface area contributed by atoms with Gasteiger partial charge in [-0.3, -0.25) is 9.89 Å². The summed E-state index contributed by atoms with van der Waals surface area (Å²) in [6.45, 7) is 3.13. The Morgan fingerprint density at radius 1 is 1.21 bits per heavy atom. The van der Waals surface area contributed by atoms with Gasteiger partial charge in [0.05, 0.1) is 19.1 Å². The molecule has 2 aliphatic rings. The van der Waals surface area contributed by atoms with Crippen molar-refractivity contribution in [2.45, 2.75) is 25.4 Å². The maximum absolute atomic E-state index is 11.4. The summed E-state index contributed by atoms with van der Waals surface area (Å²) in [6, 6.07) is 9.67. The molecule has 2 aromatic heterocycles. The summed E-state index contributed by atoms with van der Waals surface area (Å²) in [4.78, 5) is 10.9. The van der Waals surface area contributed by atoms with E-state index in [1.165, 1.54) is 6.26 Å². The second kappa shape index (κ2) is 9.09. The Morgan fingerprint density at radius 2 is 2.06 bits per heavy atom. The van der Waals surface area contributed by atoms with E-state index in [1.54, 1.807) is 12.5 Å². The molecule has 1 fully saturated rings. The quantitative estimate of drug-likeness (QED) is 0.571. The predicted molar refractivity (Wildman–Crippen MR) is 128 cm³/mol. The van der Waals surface area contributed by atoms with Crippen LogP contribution in [-0.2, 0) is 16.6 Å². The van der Waals surface area contributed by atoms with Gasteiger partial charge in [-0.1, -0.05) is 0 Å². The molecule has 0 bridgehead atoms. The Kier molecular flexibility index (Phi) is 6.01. The smallest absolute Gasteiger partial charge is 0.219 e. The predicted octanol–water partition coefficient (Wildman–Crippen LogP) is 3.60. The number of furan rings is 1. The first-order valence-electron chi connectivity index (χ1n) is 11.0. The highest BCUT2D eigenvalue weighted by Gasteiger charge is 2.22. The highest BCUT2D eigenvalue weighted by molar-refractivity contribution is 7.88. The summed E-state index contributed by atoms with van der Waals surface area (Å²) in [6.07, 6.45) is 10.2. The number of nitrogens with zero attached hydrogens (tertiary/aromatic N) is 3. The molecule has 0 spiro atoms. The second-order valence-corrected chi connectivity index (χ2v) is 10.3. The van der Waals surface area contributed by atoms with E-state index in [4.69, 9.17) is 9.15 Å². The first kappa shape index (κ1) is 21.8. The third kappa shape index (κ3) is 5.32. The first-order chi connectivity index (χ1) is 15.9. The van der Waals surface area contributed by atoms with Gasteiger partial charge in [-0.05, 0) is 48.3 Å². The van der Waals surface area contributed by atoms with E-state index in [1.807, 2.05) is 42.6 Å². The second-order valence-electron chi connectivity index (χ2n) is 8.53. The van der Waals surface area contributed by atoms with Crippen molar-refractivity contribution >= 4 is 32.8 Å². The molecule has 0 unspecified atom stereocenters. The molecule has 172 valence electrons. The van der Waals surface area contributed by atoms with Crippen molar-refractivity contribution in [2.24, 2.45) is 4.99 Å². The Morgan fingerprint density at radius 3 is 2.76 bits per heavy atom. The highest BCUT2D eigenvalue weighted by atomic mass is 32.2. The summed E-state index contributed by atoms with van der Waals surface area (Å²) in [5, 5.41) is 1.05. The molecule has 3 aromatic rings. The first-order valence-corrected chi connectivity index (χ1v) is 12.9. The van der Waals surface area contributed by atoms with Gasteiger partial charge < -0.3 is 9.15 Å². The molecule has 1 saturated heterocycles. The van der Waals surface area contributed by atoms with Crippen molar-refractivity contribution in [1.82, 2.24) is 14.6 Å². The fraction of sp³-hybridized carbons (Fsp3) is 0.333. The van der Waals surface area contributed by atoms with Gasteiger partial charge in [0.15, 0.2) is 0 Å². The van der Waals surface area contributed by atoms with Crippen LogP contribution < -0.4 is 9.46 Å². The topological polar surface area (TPSA) is 97.0 Å². The van der Waals surface area contributed by atoms with E-state index < -0.39 is 10.0 Å². The number of allylic oxidation sites excluding steroid dienone is 1. The van der Waals surface area contributed by atoms with Gasteiger partial charge in [-0.25, -0.2) is 18.1 Å². The molecule has 4 heterocycles. The van der Waals surface area contributed by atoms with E-state index in [0.717, 1.165) is 60.1 Å². The average Bonchev–Trinajstić information content (AvgIpc) is 3.45. The molecular weight excluding hydrogens is 440 g/mol. The van der Waals surface area contributed by atoms with Gasteiger partial charge in [0, 0.05) is 61.2 Å². The summed E-state index contributed by atoms with van der Waals surface area (Å²) in [7, 11) is -3.16. The number of aliphatic imine (C=N–C) groups is 1. The zero-order chi connectivity index (χ0) is 22.8. The lowest BCUT2D eigenvalue weighted by Gasteiger charge is -2.31. The largest absolute Gasteiger partial charge is 0.464 e. The van der Waals surface area contributed by atoms with Gasteiger partial charge in [0.1, 0.15) is 11.3 Å². The van der Waals surface area contributed by atoms with Gasteiger partial charge in [-0.2, -0.15) is 0 Å². The molecule has 0 radical (unpaired) electrons. The van der Waals surface area contributed by atoms with Crippen LogP contribution in [0, 0.1) is 0 Å². The van der Waals surface area contributed by atoms with Crippen molar-refractivity contribution in [2.75, 3.05) is 25.9 Å². The Hall–Kier alpha value is -3.01. The molecular formula is C24H26N4O4S. The fourth-order valence-corrected chi connectivity index (χ4v) is 5.13. The van der Waals surface area contributed by atoms with Gasteiger partial charge in [0.2, 0.25) is 15.9 Å². The van der Waals surface area contributed by atoms with Crippen LogP contribution in [0.5, 0.6) is 11.6 Å². The molecule has 0 atom stereocenters.